The van der Waals surface area contributed by atoms with Crippen molar-refractivity contribution < 1.29 is 26.7 Å². The van der Waals surface area contributed by atoms with E-state index < -0.39 is 25.1 Å². The van der Waals surface area contributed by atoms with E-state index in [4.69, 9.17) is 0 Å². The fourth-order valence-electron chi connectivity index (χ4n) is 0.966. The van der Waals surface area contributed by atoms with E-state index in [0.717, 1.165) is 12.4 Å². The van der Waals surface area contributed by atoms with Gasteiger partial charge < -0.3 is 4.74 Å². The van der Waals surface area contributed by atoms with Crippen molar-refractivity contribution in [2.75, 3.05) is 6.61 Å². The lowest BCUT2D eigenvalue weighted by Gasteiger charge is -2.11. The van der Waals surface area contributed by atoms with Crippen LogP contribution in [0.15, 0.2) is 12.4 Å². The van der Waals surface area contributed by atoms with Gasteiger partial charge in [-0.05, 0) is 0 Å². The summed E-state index contributed by atoms with van der Waals surface area (Å²) in [7, 11) is 0. The minimum atomic E-state index is -4.50. The minimum Gasteiger partial charge on any atom is -0.468 e. The van der Waals surface area contributed by atoms with E-state index in [9.17, 15) is 22.0 Å². The summed E-state index contributed by atoms with van der Waals surface area (Å²) in [6.07, 6.45) is -6.26. The lowest BCUT2D eigenvalue weighted by Crippen LogP contribution is -2.20. The van der Waals surface area contributed by atoms with Crippen molar-refractivity contribution in [3.8, 4) is 5.88 Å². The average Bonchev–Trinajstić information content (AvgIpc) is 2.24. The molecule has 0 amide bonds. The number of hydrogen-bond acceptors (Lipinski definition) is 3. The van der Waals surface area contributed by atoms with Crippen molar-refractivity contribution in [3.05, 3.63) is 18.1 Å². The fraction of sp³-hybridized carbons (Fsp3) is 0.556. The zero-order valence-electron chi connectivity index (χ0n) is 8.71. The molecule has 0 bridgehead atoms. The minimum absolute atomic E-state index is 0.0628. The number of rotatable bonds is 4. The van der Waals surface area contributed by atoms with Gasteiger partial charge in [-0.3, -0.25) is 0 Å². The van der Waals surface area contributed by atoms with Crippen LogP contribution in [0.1, 0.15) is 18.5 Å². The summed E-state index contributed by atoms with van der Waals surface area (Å²) in [6.45, 7) is -0.312. The molecular formula is C9H9F5N2O. The third-order valence-electron chi connectivity index (χ3n) is 1.89. The van der Waals surface area contributed by atoms with Gasteiger partial charge in [0, 0.05) is 6.07 Å². The van der Waals surface area contributed by atoms with Crippen molar-refractivity contribution in [2.24, 2.45) is 0 Å². The summed E-state index contributed by atoms with van der Waals surface area (Å²) in [5.74, 6) is -1.56. The van der Waals surface area contributed by atoms with Gasteiger partial charge in [-0.15, -0.1) is 0 Å². The smallest absolute Gasteiger partial charge is 0.422 e. The zero-order chi connectivity index (χ0) is 13.1. The summed E-state index contributed by atoms with van der Waals surface area (Å²) in [6, 6.07) is 0.975. The van der Waals surface area contributed by atoms with Crippen molar-refractivity contribution in [1.29, 1.82) is 0 Å². The predicted molar refractivity (Wildman–Crippen MR) is 48.0 cm³/mol. The fourth-order valence-corrected chi connectivity index (χ4v) is 0.966. The molecule has 1 rings (SSSR count). The molecule has 0 aliphatic rings. The first-order chi connectivity index (χ1) is 7.79. The van der Waals surface area contributed by atoms with E-state index in [1.54, 1.807) is 0 Å². The molecule has 3 nitrogen and oxygen atoms in total. The van der Waals surface area contributed by atoms with Crippen LogP contribution in [-0.2, 0) is 0 Å². The van der Waals surface area contributed by atoms with Gasteiger partial charge in [-0.1, -0.05) is 6.92 Å². The van der Waals surface area contributed by atoms with E-state index in [1.807, 2.05) is 0 Å². The molecule has 0 saturated carbocycles. The van der Waals surface area contributed by atoms with Crippen LogP contribution < -0.4 is 4.74 Å². The Balaban J connectivity index is 2.73. The number of halogens is 5. The van der Waals surface area contributed by atoms with E-state index in [0.29, 0.717) is 0 Å². The summed E-state index contributed by atoms with van der Waals surface area (Å²) in [4.78, 5) is 6.96. The quantitative estimate of drug-likeness (QED) is 0.777. The van der Waals surface area contributed by atoms with E-state index in [-0.39, 0.29) is 11.6 Å². The van der Waals surface area contributed by atoms with Gasteiger partial charge in [0.25, 0.3) is 0 Å². The molecule has 0 N–H and O–H groups in total. The number of hydrogen-bond donors (Lipinski definition) is 0. The van der Waals surface area contributed by atoms with Crippen LogP contribution in [0.2, 0.25) is 0 Å². The number of ether oxygens (including phenoxy) is 1. The van der Waals surface area contributed by atoms with Gasteiger partial charge in [-0.2, -0.15) is 13.2 Å². The second-order valence-corrected chi connectivity index (χ2v) is 3.31. The summed E-state index contributed by atoms with van der Waals surface area (Å²) >= 11 is 0. The molecule has 0 spiro atoms. The maximum absolute atomic E-state index is 12.3. The Morgan fingerprint density at radius 1 is 1.29 bits per heavy atom. The Hall–Kier alpha value is -1.47. The van der Waals surface area contributed by atoms with Crippen molar-refractivity contribution in [3.63, 3.8) is 0 Å². The maximum Gasteiger partial charge on any atom is 0.422 e. The molecule has 0 radical (unpaired) electrons. The van der Waals surface area contributed by atoms with Crippen LogP contribution in [0.4, 0.5) is 22.0 Å². The summed E-state index contributed by atoms with van der Waals surface area (Å²) < 4.78 is 64.5. The van der Waals surface area contributed by atoms with Gasteiger partial charge in [-0.25, -0.2) is 18.7 Å². The Kier molecular flexibility index (Phi) is 4.19. The molecule has 1 aromatic rings. The maximum atomic E-state index is 12.3. The van der Waals surface area contributed by atoms with Gasteiger partial charge in [0.1, 0.15) is 6.33 Å². The third-order valence-corrected chi connectivity index (χ3v) is 1.89. The van der Waals surface area contributed by atoms with Crippen LogP contribution in [0.5, 0.6) is 5.88 Å². The third kappa shape index (κ3) is 4.49. The topological polar surface area (TPSA) is 35.0 Å². The molecule has 96 valence electrons. The van der Waals surface area contributed by atoms with Gasteiger partial charge in [0.05, 0.1) is 11.6 Å². The molecule has 0 saturated heterocycles. The molecule has 1 atom stereocenters. The molecule has 1 heterocycles. The predicted octanol–water partition coefficient (Wildman–Crippen LogP) is 2.79. The highest BCUT2D eigenvalue weighted by Crippen LogP contribution is 2.23. The SMILES string of the molecule is C[C@@H](c1cc(OCC(F)(F)F)ncn1)C(F)F. The van der Waals surface area contributed by atoms with Crippen LogP contribution in [0.25, 0.3) is 0 Å². The molecular weight excluding hydrogens is 247 g/mol. The van der Waals surface area contributed by atoms with Crippen molar-refractivity contribution in [2.45, 2.75) is 25.4 Å². The molecule has 1 aromatic heterocycles. The first-order valence-corrected chi connectivity index (χ1v) is 4.59. The van der Waals surface area contributed by atoms with Crippen LogP contribution >= 0.6 is 0 Å². The average molecular weight is 256 g/mol. The van der Waals surface area contributed by atoms with Crippen molar-refractivity contribution >= 4 is 0 Å². The molecule has 0 unspecified atom stereocenters. The molecule has 0 aliphatic carbocycles. The molecule has 0 aromatic carbocycles. The summed E-state index contributed by atoms with van der Waals surface area (Å²) in [5.41, 5.74) is -0.0628. The van der Waals surface area contributed by atoms with Crippen molar-refractivity contribution in [1.82, 2.24) is 9.97 Å². The molecule has 0 fully saturated rings. The van der Waals surface area contributed by atoms with Crippen LogP contribution in [0.3, 0.4) is 0 Å². The Morgan fingerprint density at radius 3 is 2.47 bits per heavy atom. The molecule has 8 heteroatoms. The lowest BCUT2D eigenvalue weighted by molar-refractivity contribution is -0.154. The van der Waals surface area contributed by atoms with Crippen LogP contribution in [0, 0.1) is 0 Å². The standard InChI is InChI=1S/C9H9F5N2O/c1-5(8(10)11)6-2-7(16-4-15-6)17-3-9(12,13)14/h2,4-5,8H,3H2,1H3/t5-/m0/s1. The second kappa shape index (κ2) is 5.24. The lowest BCUT2D eigenvalue weighted by atomic mass is 10.1. The van der Waals surface area contributed by atoms with Gasteiger partial charge in [0.15, 0.2) is 6.61 Å². The Bertz CT molecular complexity index is 369. The highest BCUT2D eigenvalue weighted by molar-refractivity contribution is 5.17. The second-order valence-electron chi connectivity index (χ2n) is 3.31. The molecule has 0 aliphatic heterocycles. The monoisotopic (exact) mass is 256 g/mol. The van der Waals surface area contributed by atoms with Gasteiger partial charge >= 0.3 is 6.18 Å². The highest BCUT2D eigenvalue weighted by atomic mass is 19.4. The van der Waals surface area contributed by atoms with E-state index in [2.05, 4.69) is 14.7 Å². The van der Waals surface area contributed by atoms with Crippen LogP contribution in [-0.4, -0.2) is 29.2 Å². The number of alkyl halides is 5. The molecule has 17 heavy (non-hydrogen) atoms. The largest absolute Gasteiger partial charge is 0.468 e. The zero-order valence-corrected chi connectivity index (χ0v) is 8.71. The Morgan fingerprint density at radius 2 is 1.94 bits per heavy atom. The number of aromatic nitrogens is 2. The highest BCUT2D eigenvalue weighted by Gasteiger charge is 2.29. The summed E-state index contributed by atoms with van der Waals surface area (Å²) in [5, 5.41) is 0. The van der Waals surface area contributed by atoms with Gasteiger partial charge in [0.2, 0.25) is 12.3 Å². The number of nitrogens with zero attached hydrogens (tertiary/aromatic N) is 2. The van der Waals surface area contributed by atoms with E-state index >= 15 is 0 Å². The Labute approximate surface area is 93.6 Å². The first kappa shape index (κ1) is 13.6. The normalized spacial score (nSPS) is 13.8. The van der Waals surface area contributed by atoms with E-state index in [1.165, 1.54) is 6.92 Å². The first-order valence-electron chi connectivity index (χ1n) is 4.59.